The Morgan fingerprint density at radius 1 is 1.32 bits per heavy atom. The van der Waals surface area contributed by atoms with Crippen molar-refractivity contribution in [2.75, 3.05) is 38.5 Å². The van der Waals surface area contributed by atoms with Crippen molar-refractivity contribution in [3.05, 3.63) is 29.3 Å². The van der Waals surface area contributed by atoms with Crippen LogP contribution in [0, 0.1) is 0 Å². The van der Waals surface area contributed by atoms with Crippen molar-refractivity contribution in [2.45, 2.75) is 25.3 Å². The van der Waals surface area contributed by atoms with Crippen LogP contribution in [0.1, 0.15) is 19.3 Å². The Morgan fingerprint density at radius 2 is 1.96 bits per heavy atom. The van der Waals surface area contributed by atoms with Gasteiger partial charge in [-0.3, -0.25) is 14.5 Å². The number of hydrogen-bond donors (Lipinski definition) is 2. The van der Waals surface area contributed by atoms with Crippen LogP contribution in [-0.4, -0.2) is 66.1 Å². The highest BCUT2D eigenvalue weighted by Gasteiger charge is 2.23. The Kier molecular flexibility index (Phi) is 9.21. The molecule has 1 aromatic carbocycles. The number of anilines is 1. The van der Waals surface area contributed by atoms with Crippen LogP contribution in [-0.2, 0) is 9.59 Å². The molecule has 2 rings (SSSR count). The van der Waals surface area contributed by atoms with Crippen LogP contribution in [0.4, 0.5) is 5.69 Å². The molecule has 2 N–H and O–H groups in total. The van der Waals surface area contributed by atoms with Gasteiger partial charge in [-0.15, -0.1) is 12.4 Å². The Hall–Kier alpha value is -1.34. The summed E-state index contributed by atoms with van der Waals surface area (Å²) in [7, 11) is 1.85. The van der Waals surface area contributed by atoms with E-state index in [1.807, 2.05) is 24.1 Å². The smallest absolute Gasteiger partial charge is 0.317 e. The van der Waals surface area contributed by atoms with E-state index in [-0.39, 0.29) is 24.9 Å². The average molecular weight is 390 g/mol. The van der Waals surface area contributed by atoms with Crippen LogP contribution in [0.3, 0.4) is 0 Å². The number of para-hydroxylation sites is 1. The summed E-state index contributed by atoms with van der Waals surface area (Å²) in [5.74, 6) is -0.843. The molecule has 1 aliphatic rings. The number of aliphatic carboxylic acids is 1. The molecule has 1 aliphatic heterocycles. The van der Waals surface area contributed by atoms with Gasteiger partial charge in [0.15, 0.2) is 0 Å². The van der Waals surface area contributed by atoms with Gasteiger partial charge < -0.3 is 15.3 Å². The van der Waals surface area contributed by atoms with Gasteiger partial charge in [0.2, 0.25) is 5.91 Å². The average Bonchev–Trinajstić information content (AvgIpc) is 2.55. The van der Waals surface area contributed by atoms with Gasteiger partial charge in [-0.2, -0.15) is 0 Å². The number of rotatable bonds is 7. The molecule has 0 spiro atoms. The molecule has 25 heavy (non-hydrogen) atoms. The van der Waals surface area contributed by atoms with Crippen LogP contribution in [0.2, 0.25) is 5.02 Å². The maximum absolute atomic E-state index is 12.0. The minimum atomic E-state index is -0.795. The lowest BCUT2D eigenvalue weighted by molar-refractivity contribution is -0.138. The molecule has 1 aromatic rings. The number of nitrogens with zero attached hydrogens (tertiary/aromatic N) is 2. The summed E-state index contributed by atoms with van der Waals surface area (Å²) in [6, 6.07) is 7.48. The monoisotopic (exact) mass is 389 g/mol. The number of nitrogens with one attached hydrogen (secondary N) is 1. The van der Waals surface area contributed by atoms with Crippen LogP contribution >= 0.6 is 24.0 Å². The SMILES string of the molecule is CN(CC(=O)O)C1CCN(CCC(=O)Nc2ccccc2Cl)CC1.Cl. The number of carbonyl (C=O) groups is 2. The summed E-state index contributed by atoms with van der Waals surface area (Å²) in [5.41, 5.74) is 0.637. The number of hydrogen-bond acceptors (Lipinski definition) is 4. The number of carboxylic acid groups (broad SMARTS) is 1. The number of benzene rings is 1. The van der Waals surface area contributed by atoms with E-state index in [4.69, 9.17) is 16.7 Å². The quantitative estimate of drug-likeness (QED) is 0.749. The standard InChI is InChI=1S/C17H24ClN3O3.ClH/c1-20(12-17(23)24)13-6-9-21(10-7-13)11-8-16(22)19-15-5-3-2-4-14(15)18;/h2-5,13H,6-12H2,1H3,(H,19,22)(H,23,24);1H. The molecule has 0 atom stereocenters. The minimum Gasteiger partial charge on any atom is -0.480 e. The molecule has 0 radical (unpaired) electrons. The fourth-order valence-corrected chi connectivity index (χ4v) is 3.14. The second-order valence-electron chi connectivity index (χ2n) is 6.16. The number of piperidine rings is 1. The van der Waals surface area contributed by atoms with E-state index in [1.54, 1.807) is 12.1 Å². The highest BCUT2D eigenvalue weighted by atomic mass is 35.5. The Morgan fingerprint density at radius 3 is 2.56 bits per heavy atom. The number of halogens is 2. The second kappa shape index (κ2) is 10.6. The summed E-state index contributed by atoms with van der Waals surface area (Å²) in [6.07, 6.45) is 2.27. The Balaban J connectivity index is 0.00000312. The minimum absolute atomic E-state index is 0. The molecule has 0 aromatic heterocycles. The summed E-state index contributed by atoms with van der Waals surface area (Å²) in [4.78, 5) is 26.9. The van der Waals surface area contributed by atoms with Gasteiger partial charge in [-0.25, -0.2) is 0 Å². The van der Waals surface area contributed by atoms with E-state index >= 15 is 0 Å². The molecule has 1 saturated heterocycles. The van der Waals surface area contributed by atoms with Crippen molar-refractivity contribution in [1.82, 2.24) is 9.80 Å². The van der Waals surface area contributed by atoms with E-state index in [0.29, 0.717) is 29.7 Å². The summed E-state index contributed by atoms with van der Waals surface area (Å²) in [5, 5.41) is 12.2. The molecule has 0 bridgehead atoms. The highest BCUT2D eigenvalue weighted by Crippen LogP contribution is 2.21. The fraction of sp³-hybridized carbons (Fsp3) is 0.529. The summed E-state index contributed by atoms with van der Waals surface area (Å²) < 4.78 is 0. The Labute approximate surface area is 159 Å². The van der Waals surface area contributed by atoms with Crippen molar-refractivity contribution >= 4 is 41.6 Å². The number of carboxylic acids is 1. The normalized spacial score (nSPS) is 15.6. The van der Waals surface area contributed by atoms with Crippen molar-refractivity contribution in [3.8, 4) is 0 Å². The predicted molar refractivity (Wildman–Crippen MR) is 102 cm³/mol. The van der Waals surface area contributed by atoms with Gasteiger partial charge in [-0.1, -0.05) is 23.7 Å². The van der Waals surface area contributed by atoms with Gasteiger partial charge in [0.05, 0.1) is 17.3 Å². The van der Waals surface area contributed by atoms with Crippen LogP contribution < -0.4 is 5.32 Å². The first kappa shape index (κ1) is 21.7. The lowest BCUT2D eigenvalue weighted by atomic mass is 10.0. The number of amides is 1. The zero-order valence-electron chi connectivity index (χ0n) is 14.3. The van der Waals surface area contributed by atoms with Crippen molar-refractivity contribution < 1.29 is 14.7 Å². The lowest BCUT2D eigenvalue weighted by Gasteiger charge is -2.36. The van der Waals surface area contributed by atoms with Crippen LogP contribution in [0.15, 0.2) is 24.3 Å². The first-order chi connectivity index (χ1) is 11.5. The maximum Gasteiger partial charge on any atom is 0.317 e. The summed E-state index contributed by atoms with van der Waals surface area (Å²) in [6.45, 7) is 2.54. The van der Waals surface area contributed by atoms with Gasteiger partial charge in [0, 0.05) is 19.0 Å². The molecule has 8 heteroatoms. The number of likely N-dealkylation sites (N-methyl/N-ethyl adjacent to an activating group) is 1. The first-order valence-electron chi connectivity index (χ1n) is 8.14. The molecule has 140 valence electrons. The third-order valence-corrected chi connectivity index (χ3v) is 4.70. The molecule has 0 saturated carbocycles. The summed E-state index contributed by atoms with van der Waals surface area (Å²) >= 11 is 6.03. The maximum atomic E-state index is 12.0. The molecule has 1 heterocycles. The lowest BCUT2D eigenvalue weighted by Crippen LogP contribution is -2.45. The Bertz CT molecular complexity index is 578. The second-order valence-corrected chi connectivity index (χ2v) is 6.57. The third-order valence-electron chi connectivity index (χ3n) is 4.37. The number of likely N-dealkylation sites (tertiary alicyclic amines) is 1. The van der Waals surface area contributed by atoms with Gasteiger partial charge in [0.1, 0.15) is 0 Å². The third kappa shape index (κ3) is 7.20. The van der Waals surface area contributed by atoms with Crippen LogP contribution in [0.5, 0.6) is 0 Å². The van der Waals surface area contributed by atoms with Crippen molar-refractivity contribution in [1.29, 1.82) is 0 Å². The van der Waals surface area contributed by atoms with E-state index < -0.39 is 5.97 Å². The van der Waals surface area contributed by atoms with E-state index in [9.17, 15) is 9.59 Å². The first-order valence-corrected chi connectivity index (χ1v) is 8.52. The molecule has 1 amide bonds. The molecular weight excluding hydrogens is 365 g/mol. The largest absolute Gasteiger partial charge is 0.480 e. The highest BCUT2D eigenvalue weighted by molar-refractivity contribution is 6.33. The van der Waals surface area contributed by atoms with Gasteiger partial charge in [-0.05, 0) is 45.1 Å². The number of carbonyl (C=O) groups excluding carboxylic acids is 1. The molecule has 6 nitrogen and oxygen atoms in total. The van der Waals surface area contributed by atoms with Crippen LogP contribution in [0.25, 0.3) is 0 Å². The van der Waals surface area contributed by atoms with Crippen molar-refractivity contribution in [3.63, 3.8) is 0 Å². The topological polar surface area (TPSA) is 72.9 Å². The van der Waals surface area contributed by atoms with E-state index in [0.717, 1.165) is 25.9 Å². The zero-order chi connectivity index (χ0) is 17.5. The van der Waals surface area contributed by atoms with Gasteiger partial charge >= 0.3 is 5.97 Å². The molecule has 1 fully saturated rings. The molecular formula is C17H25Cl2N3O3. The predicted octanol–water partition coefficient (Wildman–Crippen LogP) is 2.57. The zero-order valence-corrected chi connectivity index (χ0v) is 15.9. The van der Waals surface area contributed by atoms with E-state index in [1.165, 1.54) is 0 Å². The van der Waals surface area contributed by atoms with E-state index in [2.05, 4.69) is 10.2 Å². The van der Waals surface area contributed by atoms with Crippen molar-refractivity contribution in [2.24, 2.45) is 0 Å². The molecule has 0 aliphatic carbocycles. The molecule has 0 unspecified atom stereocenters. The van der Waals surface area contributed by atoms with Gasteiger partial charge in [0.25, 0.3) is 0 Å². The fourth-order valence-electron chi connectivity index (χ4n) is 2.96.